The lowest BCUT2D eigenvalue weighted by Gasteiger charge is -2.29. The highest BCUT2D eigenvalue weighted by Crippen LogP contribution is 2.30. The van der Waals surface area contributed by atoms with Crippen LogP contribution in [0.4, 0.5) is 0 Å². The largest absolute Gasteiger partial charge is 0.310 e. The summed E-state index contributed by atoms with van der Waals surface area (Å²) in [6, 6.07) is 2.30. The summed E-state index contributed by atoms with van der Waals surface area (Å²) in [6.07, 6.45) is 14.1. The first-order valence-electron chi connectivity index (χ1n) is 9.90. The second-order valence-corrected chi connectivity index (χ2v) is 8.63. The van der Waals surface area contributed by atoms with Gasteiger partial charge in [-0.15, -0.1) is 0 Å². The van der Waals surface area contributed by atoms with E-state index in [1.807, 2.05) is 12.4 Å². The summed E-state index contributed by atoms with van der Waals surface area (Å²) in [5.74, 6) is 1.26. The Morgan fingerprint density at radius 2 is 1.93 bits per heavy atom. The molecule has 1 saturated carbocycles. The summed E-state index contributed by atoms with van der Waals surface area (Å²) in [7, 11) is 0. The van der Waals surface area contributed by atoms with Crippen LogP contribution in [0.5, 0.6) is 0 Å². The van der Waals surface area contributed by atoms with Crippen molar-refractivity contribution in [1.29, 1.82) is 0 Å². The van der Waals surface area contributed by atoms with E-state index in [0.29, 0.717) is 22.6 Å². The van der Waals surface area contributed by atoms with Crippen LogP contribution in [0.3, 0.4) is 0 Å². The minimum Gasteiger partial charge on any atom is -0.310 e. The zero-order chi connectivity index (χ0) is 20.1. The van der Waals surface area contributed by atoms with Gasteiger partial charge in [-0.25, -0.2) is 19.9 Å². The predicted octanol–water partition coefficient (Wildman–Crippen LogP) is 2.73. The van der Waals surface area contributed by atoms with E-state index in [1.165, 1.54) is 0 Å². The van der Waals surface area contributed by atoms with Crippen molar-refractivity contribution in [3.8, 4) is 0 Å². The fourth-order valence-electron chi connectivity index (χ4n) is 3.78. The number of rotatable bonds is 6. The van der Waals surface area contributed by atoms with Crippen molar-refractivity contribution < 1.29 is 9.59 Å². The summed E-state index contributed by atoms with van der Waals surface area (Å²) in [5, 5.41) is 3.50. The Morgan fingerprint density at radius 1 is 1.14 bits per heavy atom. The molecule has 1 N–H and O–H groups in total. The Morgan fingerprint density at radius 3 is 2.66 bits per heavy atom. The molecule has 0 spiro atoms. The molecular weight excluding hydrogens is 386 g/mol. The van der Waals surface area contributed by atoms with Crippen LogP contribution in [0.15, 0.2) is 35.9 Å². The number of carbonyl (C=O) groups is 2. The van der Waals surface area contributed by atoms with Crippen LogP contribution in [0, 0.1) is 5.92 Å². The van der Waals surface area contributed by atoms with Gasteiger partial charge in [-0.05, 0) is 55.5 Å². The summed E-state index contributed by atoms with van der Waals surface area (Å²) < 4.78 is 0. The third-order valence-corrected chi connectivity index (χ3v) is 6.27. The number of carbonyl (C=O) groups excluding carboxylic acids is 2. The predicted molar refractivity (Wildman–Crippen MR) is 111 cm³/mol. The third-order valence-electron chi connectivity index (χ3n) is 5.34. The number of allylic oxidation sites excluding steroid dienone is 1. The lowest BCUT2D eigenvalue weighted by atomic mass is 9.84. The highest BCUT2D eigenvalue weighted by Gasteiger charge is 2.26. The van der Waals surface area contributed by atoms with Gasteiger partial charge in [-0.2, -0.15) is 0 Å². The summed E-state index contributed by atoms with van der Waals surface area (Å²) in [5.41, 5.74) is 1.80. The number of hydrogen-bond donors (Lipinski definition) is 1. The number of thioether (sulfide) groups is 1. The maximum atomic E-state index is 11.8. The van der Waals surface area contributed by atoms with Gasteiger partial charge in [0, 0.05) is 43.2 Å². The van der Waals surface area contributed by atoms with E-state index < -0.39 is 0 Å². The number of nitrogens with one attached hydrogen (secondary N) is 1. The number of aromatic nitrogens is 4. The highest BCUT2D eigenvalue weighted by atomic mass is 32.2. The zero-order valence-electron chi connectivity index (χ0n) is 16.1. The van der Waals surface area contributed by atoms with E-state index in [4.69, 9.17) is 0 Å². The van der Waals surface area contributed by atoms with Crippen molar-refractivity contribution in [3.05, 3.63) is 53.0 Å². The molecular formula is C21H23N5O2S. The first-order chi connectivity index (χ1) is 14.2. The molecule has 0 radical (unpaired) electrons. The fraction of sp³-hybridized carbons (Fsp3) is 0.429. The minimum absolute atomic E-state index is 0.0109. The maximum Gasteiger partial charge on any atom is 0.201 e. The molecule has 3 heterocycles. The molecule has 0 unspecified atom stereocenters. The average molecular weight is 410 g/mol. The van der Waals surface area contributed by atoms with Crippen molar-refractivity contribution in [2.45, 2.75) is 51.1 Å². The normalized spacial score (nSPS) is 23.7. The van der Waals surface area contributed by atoms with Gasteiger partial charge < -0.3 is 5.32 Å². The highest BCUT2D eigenvalue weighted by molar-refractivity contribution is 8.18. The van der Waals surface area contributed by atoms with Crippen LogP contribution < -0.4 is 5.32 Å². The zero-order valence-corrected chi connectivity index (χ0v) is 16.9. The van der Waals surface area contributed by atoms with Gasteiger partial charge in [-0.1, -0.05) is 0 Å². The Hall–Kier alpha value is -2.45. The van der Waals surface area contributed by atoms with E-state index in [9.17, 15) is 9.59 Å². The van der Waals surface area contributed by atoms with Gasteiger partial charge in [-0.3, -0.25) is 9.59 Å². The van der Waals surface area contributed by atoms with Crippen molar-refractivity contribution in [1.82, 2.24) is 25.3 Å². The summed E-state index contributed by atoms with van der Waals surface area (Å²) in [4.78, 5) is 40.8. The number of ketones is 1. The molecule has 29 heavy (non-hydrogen) atoms. The molecule has 150 valence electrons. The third kappa shape index (κ3) is 5.55. The van der Waals surface area contributed by atoms with Gasteiger partial charge in [0.15, 0.2) is 5.78 Å². The van der Waals surface area contributed by atoms with Crippen LogP contribution in [0.25, 0.3) is 6.08 Å². The lowest BCUT2D eigenvalue weighted by molar-refractivity contribution is -0.119. The van der Waals surface area contributed by atoms with Crippen molar-refractivity contribution in [2.75, 3.05) is 0 Å². The number of hydrogen-bond acceptors (Lipinski definition) is 8. The fourth-order valence-corrected chi connectivity index (χ4v) is 4.60. The molecule has 0 aromatic carbocycles. The average Bonchev–Trinajstić information content (AvgIpc) is 3.05. The molecule has 1 saturated heterocycles. The standard InChI is InChI=1S/C21H23N5O2S/c27-18-9-21(28)29-19(18)8-17-5-6-24-20(26-17)7-14-1-3-16(4-2-14)25-12-15-10-22-13-23-11-15/h5-6,8,10-11,13-14,16,25H,1-4,7,9,12H2/b19-8-. The smallest absolute Gasteiger partial charge is 0.201 e. The van der Waals surface area contributed by atoms with E-state index >= 15 is 0 Å². The molecule has 0 bridgehead atoms. The van der Waals surface area contributed by atoms with Gasteiger partial charge in [0.05, 0.1) is 17.0 Å². The molecule has 2 fully saturated rings. The monoisotopic (exact) mass is 409 g/mol. The van der Waals surface area contributed by atoms with Gasteiger partial charge in [0.25, 0.3) is 0 Å². The molecule has 7 nitrogen and oxygen atoms in total. The van der Waals surface area contributed by atoms with Gasteiger partial charge >= 0.3 is 0 Å². The maximum absolute atomic E-state index is 11.8. The molecule has 0 atom stereocenters. The molecule has 2 aromatic heterocycles. The van der Waals surface area contributed by atoms with Crippen LogP contribution in [-0.4, -0.2) is 36.9 Å². The Labute approximate surface area is 173 Å². The molecule has 2 aromatic rings. The van der Waals surface area contributed by atoms with E-state index in [0.717, 1.165) is 61.8 Å². The molecule has 1 aliphatic heterocycles. The van der Waals surface area contributed by atoms with Crippen LogP contribution >= 0.6 is 11.8 Å². The van der Waals surface area contributed by atoms with Gasteiger partial charge in [0.1, 0.15) is 12.2 Å². The van der Waals surface area contributed by atoms with E-state index in [1.54, 1.807) is 24.7 Å². The van der Waals surface area contributed by atoms with Gasteiger partial charge in [0.2, 0.25) is 5.12 Å². The van der Waals surface area contributed by atoms with Crippen molar-refractivity contribution in [2.24, 2.45) is 5.92 Å². The van der Waals surface area contributed by atoms with E-state index in [2.05, 4.69) is 25.3 Å². The van der Waals surface area contributed by atoms with Crippen molar-refractivity contribution in [3.63, 3.8) is 0 Å². The molecule has 0 amide bonds. The second kappa shape index (κ2) is 9.37. The first-order valence-corrected chi connectivity index (χ1v) is 10.7. The van der Waals surface area contributed by atoms with Crippen LogP contribution in [0.2, 0.25) is 0 Å². The van der Waals surface area contributed by atoms with Crippen molar-refractivity contribution >= 4 is 28.7 Å². The SMILES string of the molecule is O=C1CC(=O)/C(=C/c2ccnc(CC3CCC(NCc4cncnc4)CC3)n2)S1. The van der Waals surface area contributed by atoms with Crippen LogP contribution in [-0.2, 0) is 22.6 Å². The Bertz CT molecular complexity index is 910. The molecule has 2 aliphatic rings. The second-order valence-electron chi connectivity index (χ2n) is 7.53. The summed E-state index contributed by atoms with van der Waals surface area (Å²) >= 11 is 1.01. The summed E-state index contributed by atoms with van der Waals surface area (Å²) in [6.45, 7) is 0.801. The first kappa shape index (κ1) is 19.8. The Balaban J connectivity index is 1.28. The van der Waals surface area contributed by atoms with E-state index in [-0.39, 0.29) is 17.3 Å². The van der Waals surface area contributed by atoms with Crippen LogP contribution in [0.1, 0.15) is 49.2 Å². The lowest BCUT2D eigenvalue weighted by Crippen LogP contribution is -2.33. The quantitative estimate of drug-likeness (QED) is 0.574. The Kier molecular flexibility index (Phi) is 6.41. The molecule has 4 rings (SSSR count). The minimum atomic E-state index is -0.118. The number of nitrogens with zero attached hydrogens (tertiary/aromatic N) is 4. The molecule has 8 heteroatoms. The topological polar surface area (TPSA) is 97.7 Å². The number of Topliss-reactive ketones (excluding diaryl/α,β-unsaturated/α-hetero) is 1. The molecule has 1 aliphatic carbocycles.